The molecule has 1 saturated heterocycles. The van der Waals surface area contributed by atoms with Crippen LogP contribution in [0.25, 0.3) is 0 Å². The lowest BCUT2D eigenvalue weighted by Gasteiger charge is -2.29. The van der Waals surface area contributed by atoms with E-state index in [2.05, 4.69) is 12.2 Å². The van der Waals surface area contributed by atoms with Gasteiger partial charge in [-0.15, -0.1) is 0 Å². The average molecular weight is 310 g/mol. The maximum absolute atomic E-state index is 12.2. The number of rotatable bonds is 4. The number of nitrogens with zero attached hydrogens (tertiary/aromatic N) is 1. The first kappa shape index (κ1) is 17.1. The van der Waals surface area contributed by atoms with E-state index in [0.29, 0.717) is 12.0 Å². The molecule has 0 aromatic carbocycles. The Balaban J connectivity index is 1.97. The van der Waals surface area contributed by atoms with E-state index >= 15 is 0 Å². The van der Waals surface area contributed by atoms with Gasteiger partial charge in [0.25, 0.3) is 0 Å². The molecule has 1 amide bonds. The molecule has 5 heteroatoms. The molecule has 0 saturated carbocycles. The molecule has 2 heterocycles. The topological polar surface area (TPSA) is 50.8 Å². The Labute approximate surface area is 134 Å². The minimum absolute atomic E-state index is 0.195. The fourth-order valence-corrected chi connectivity index (χ4v) is 3.19. The van der Waals surface area contributed by atoms with Crippen molar-refractivity contribution in [3.05, 3.63) is 11.8 Å². The van der Waals surface area contributed by atoms with E-state index in [0.717, 1.165) is 45.5 Å². The van der Waals surface area contributed by atoms with Crippen LogP contribution in [0.2, 0.25) is 0 Å². The normalized spacial score (nSPS) is 23.7. The number of carbonyl (C=O) groups is 1. The Morgan fingerprint density at radius 2 is 2.32 bits per heavy atom. The predicted octanol–water partition coefficient (Wildman–Crippen LogP) is 2.92. The standard InChI is InChI=1S/C17H30N2O3/c1-5-18-15(14-7-6-10-21-12-14)13-8-9-19(11-13)16(20)22-17(2,3)4/h12-13,15,18H,5-11H2,1-4H3. The summed E-state index contributed by atoms with van der Waals surface area (Å²) in [4.78, 5) is 14.0. The Morgan fingerprint density at radius 1 is 1.55 bits per heavy atom. The summed E-state index contributed by atoms with van der Waals surface area (Å²) in [5.41, 5.74) is 0.903. The van der Waals surface area contributed by atoms with Crippen molar-refractivity contribution in [3.63, 3.8) is 0 Å². The van der Waals surface area contributed by atoms with Crippen molar-refractivity contribution in [2.45, 2.75) is 58.6 Å². The van der Waals surface area contributed by atoms with Gasteiger partial charge >= 0.3 is 6.09 Å². The zero-order chi connectivity index (χ0) is 16.2. The summed E-state index contributed by atoms with van der Waals surface area (Å²) in [5, 5.41) is 3.57. The molecule has 2 rings (SSSR count). The minimum Gasteiger partial charge on any atom is -0.501 e. The van der Waals surface area contributed by atoms with Crippen LogP contribution in [0.3, 0.4) is 0 Å². The fraction of sp³-hybridized carbons (Fsp3) is 0.824. The first-order valence-corrected chi connectivity index (χ1v) is 8.42. The van der Waals surface area contributed by atoms with E-state index in [1.807, 2.05) is 31.9 Å². The van der Waals surface area contributed by atoms with Gasteiger partial charge in [0.05, 0.1) is 12.9 Å². The fourth-order valence-electron chi connectivity index (χ4n) is 3.19. The Morgan fingerprint density at radius 3 is 2.91 bits per heavy atom. The van der Waals surface area contributed by atoms with Gasteiger partial charge in [-0.1, -0.05) is 6.92 Å². The highest BCUT2D eigenvalue weighted by atomic mass is 16.6. The van der Waals surface area contributed by atoms with E-state index in [4.69, 9.17) is 9.47 Å². The first-order valence-electron chi connectivity index (χ1n) is 8.42. The maximum atomic E-state index is 12.2. The number of carbonyl (C=O) groups excluding carboxylic acids is 1. The number of likely N-dealkylation sites (tertiary alicyclic amines) is 1. The third-order valence-corrected chi connectivity index (χ3v) is 4.13. The van der Waals surface area contributed by atoms with Crippen LogP contribution in [0.5, 0.6) is 0 Å². The third-order valence-electron chi connectivity index (χ3n) is 4.13. The molecule has 22 heavy (non-hydrogen) atoms. The number of nitrogens with one attached hydrogen (secondary N) is 1. The van der Waals surface area contributed by atoms with Crippen LogP contribution < -0.4 is 5.32 Å². The highest BCUT2D eigenvalue weighted by molar-refractivity contribution is 5.68. The summed E-state index contributed by atoms with van der Waals surface area (Å²) in [6.07, 6.45) is 4.90. The molecule has 0 aromatic rings. The van der Waals surface area contributed by atoms with Crippen molar-refractivity contribution < 1.29 is 14.3 Å². The smallest absolute Gasteiger partial charge is 0.410 e. The van der Waals surface area contributed by atoms with E-state index in [1.165, 1.54) is 5.57 Å². The molecular weight excluding hydrogens is 280 g/mol. The molecule has 0 bridgehead atoms. The molecule has 2 aliphatic heterocycles. The molecule has 0 aliphatic carbocycles. The first-order chi connectivity index (χ1) is 10.4. The zero-order valence-electron chi connectivity index (χ0n) is 14.4. The van der Waals surface area contributed by atoms with Crippen LogP contribution in [0.1, 0.15) is 47.0 Å². The predicted molar refractivity (Wildman–Crippen MR) is 86.6 cm³/mol. The summed E-state index contributed by atoms with van der Waals surface area (Å²) in [5.74, 6) is 0.431. The average Bonchev–Trinajstić information content (AvgIpc) is 2.93. The number of hydrogen-bond acceptors (Lipinski definition) is 4. The van der Waals surface area contributed by atoms with Crippen LogP contribution in [0, 0.1) is 5.92 Å². The van der Waals surface area contributed by atoms with Crippen molar-refractivity contribution in [2.24, 2.45) is 5.92 Å². The van der Waals surface area contributed by atoms with Crippen molar-refractivity contribution in [1.82, 2.24) is 10.2 Å². The van der Waals surface area contributed by atoms with Gasteiger partial charge in [-0.05, 0) is 58.1 Å². The van der Waals surface area contributed by atoms with Crippen LogP contribution in [0.15, 0.2) is 11.8 Å². The van der Waals surface area contributed by atoms with Crippen molar-refractivity contribution >= 4 is 6.09 Å². The van der Waals surface area contributed by atoms with Gasteiger partial charge in [-0.2, -0.15) is 0 Å². The zero-order valence-corrected chi connectivity index (χ0v) is 14.4. The lowest BCUT2D eigenvalue weighted by molar-refractivity contribution is 0.0286. The number of hydrogen-bond donors (Lipinski definition) is 1. The van der Waals surface area contributed by atoms with E-state index in [-0.39, 0.29) is 6.09 Å². The summed E-state index contributed by atoms with van der Waals surface area (Å²) in [7, 11) is 0. The lowest BCUT2D eigenvalue weighted by Crippen LogP contribution is -2.41. The number of ether oxygens (including phenoxy) is 2. The van der Waals surface area contributed by atoms with Gasteiger partial charge in [-0.25, -0.2) is 4.79 Å². The Hall–Kier alpha value is -1.23. The summed E-state index contributed by atoms with van der Waals surface area (Å²) >= 11 is 0. The summed E-state index contributed by atoms with van der Waals surface area (Å²) < 4.78 is 11.0. The quantitative estimate of drug-likeness (QED) is 0.867. The van der Waals surface area contributed by atoms with Gasteiger partial charge in [0.15, 0.2) is 0 Å². The van der Waals surface area contributed by atoms with Crippen molar-refractivity contribution in [3.8, 4) is 0 Å². The summed E-state index contributed by atoms with van der Waals surface area (Å²) in [6.45, 7) is 11.1. The highest BCUT2D eigenvalue weighted by Gasteiger charge is 2.35. The van der Waals surface area contributed by atoms with E-state index < -0.39 is 5.60 Å². The SMILES string of the molecule is CCNC(C1=COCCC1)C1CCN(C(=O)OC(C)(C)C)C1. The Kier molecular flexibility index (Phi) is 5.73. The van der Waals surface area contributed by atoms with Crippen LogP contribution in [-0.2, 0) is 9.47 Å². The Bertz CT molecular complexity index is 415. The van der Waals surface area contributed by atoms with Gasteiger partial charge in [0, 0.05) is 19.1 Å². The van der Waals surface area contributed by atoms with E-state index in [1.54, 1.807) is 0 Å². The summed E-state index contributed by atoms with van der Waals surface area (Å²) in [6, 6.07) is 0.303. The van der Waals surface area contributed by atoms with Crippen molar-refractivity contribution in [2.75, 3.05) is 26.2 Å². The molecule has 0 radical (unpaired) electrons. The third kappa shape index (κ3) is 4.63. The molecule has 0 spiro atoms. The second-order valence-electron chi connectivity index (χ2n) is 7.18. The van der Waals surface area contributed by atoms with Gasteiger partial charge in [0.2, 0.25) is 0 Å². The number of amides is 1. The molecule has 1 N–H and O–H groups in total. The minimum atomic E-state index is -0.435. The van der Waals surface area contributed by atoms with Crippen LogP contribution in [-0.4, -0.2) is 48.9 Å². The van der Waals surface area contributed by atoms with Crippen LogP contribution in [0.4, 0.5) is 4.79 Å². The molecule has 1 fully saturated rings. The van der Waals surface area contributed by atoms with Gasteiger partial charge in [-0.3, -0.25) is 0 Å². The lowest BCUT2D eigenvalue weighted by atomic mass is 9.89. The van der Waals surface area contributed by atoms with Gasteiger partial charge < -0.3 is 19.7 Å². The second kappa shape index (κ2) is 7.36. The maximum Gasteiger partial charge on any atom is 0.410 e. The van der Waals surface area contributed by atoms with Crippen LogP contribution >= 0.6 is 0 Å². The largest absolute Gasteiger partial charge is 0.501 e. The molecule has 126 valence electrons. The molecule has 5 nitrogen and oxygen atoms in total. The monoisotopic (exact) mass is 310 g/mol. The van der Waals surface area contributed by atoms with Crippen molar-refractivity contribution in [1.29, 1.82) is 0 Å². The molecule has 2 atom stereocenters. The molecule has 2 aliphatic rings. The molecule has 0 aromatic heterocycles. The molecular formula is C17H30N2O3. The second-order valence-corrected chi connectivity index (χ2v) is 7.18. The van der Waals surface area contributed by atoms with Gasteiger partial charge in [0.1, 0.15) is 5.60 Å². The highest BCUT2D eigenvalue weighted by Crippen LogP contribution is 2.28. The number of likely N-dealkylation sites (N-methyl/N-ethyl adjacent to an activating group) is 1. The van der Waals surface area contributed by atoms with E-state index in [9.17, 15) is 4.79 Å². The molecule has 2 unspecified atom stereocenters.